The molecule has 1 atom stereocenters. The van der Waals surface area contributed by atoms with Crippen LogP contribution in [0.5, 0.6) is 0 Å². The van der Waals surface area contributed by atoms with Crippen LogP contribution < -0.4 is 5.32 Å². The van der Waals surface area contributed by atoms with Gasteiger partial charge in [-0.3, -0.25) is 4.68 Å². The van der Waals surface area contributed by atoms with E-state index in [4.69, 9.17) is 11.6 Å². The maximum absolute atomic E-state index is 6.28. The van der Waals surface area contributed by atoms with Crippen LogP contribution in [0.25, 0.3) is 0 Å². The molecule has 0 saturated carbocycles. The van der Waals surface area contributed by atoms with Crippen LogP contribution >= 0.6 is 11.6 Å². The first-order valence-corrected chi connectivity index (χ1v) is 7.39. The van der Waals surface area contributed by atoms with Crippen LogP contribution in [0.4, 0.5) is 0 Å². The molecule has 0 radical (unpaired) electrons. The Bertz CT molecular complexity index is 347. The maximum Gasteiger partial charge on any atom is 0.0834 e. The number of rotatable bonds is 8. The maximum atomic E-state index is 6.28. The summed E-state index contributed by atoms with van der Waals surface area (Å²) >= 11 is 6.28. The van der Waals surface area contributed by atoms with Crippen molar-refractivity contribution in [1.82, 2.24) is 15.1 Å². The SMILES string of the molecule is CCCCCCC(NC)c1c(Cl)cnn1C(C)C. The van der Waals surface area contributed by atoms with Crippen molar-refractivity contribution in [2.45, 2.75) is 65.0 Å². The fourth-order valence-corrected chi connectivity index (χ4v) is 2.54. The highest BCUT2D eigenvalue weighted by molar-refractivity contribution is 6.31. The smallest absolute Gasteiger partial charge is 0.0834 e. The van der Waals surface area contributed by atoms with E-state index in [-0.39, 0.29) is 0 Å². The molecule has 0 aliphatic rings. The molecule has 3 nitrogen and oxygen atoms in total. The summed E-state index contributed by atoms with van der Waals surface area (Å²) in [5.74, 6) is 0. The monoisotopic (exact) mass is 271 g/mol. The van der Waals surface area contributed by atoms with E-state index >= 15 is 0 Å². The van der Waals surface area contributed by atoms with Crippen molar-refractivity contribution >= 4 is 11.6 Å². The average molecular weight is 272 g/mol. The molecule has 1 unspecified atom stereocenters. The van der Waals surface area contributed by atoms with Crippen molar-refractivity contribution in [1.29, 1.82) is 0 Å². The van der Waals surface area contributed by atoms with E-state index in [9.17, 15) is 0 Å². The van der Waals surface area contributed by atoms with Gasteiger partial charge in [0.1, 0.15) is 0 Å². The Morgan fingerprint density at radius 1 is 1.33 bits per heavy atom. The summed E-state index contributed by atoms with van der Waals surface area (Å²) in [6.07, 6.45) is 7.99. The molecule has 18 heavy (non-hydrogen) atoms. The summed E-state index contributed by atoms with van der Waals surface area (Å²) in [6.45, 7) is 6.51. The van der Waals surface area contributed by atoms with Crippen LogP contribution in [0.2, 0.25) is 5.02 Å². The number of nitrogens with one attached hydrogen (secondary N) is 1. The van der Waals surface area contributed by atoms with Crippen molar-refractivity contribution in [3.8, 4) is 0 Å². The van der Waals surface area contributed by atoms with Gasteiger partial charge in [-0.05, 0) is 27.3 Å². The Labute approximate surface area is 116 Å². The number of hydrogen-bond donors (Lipinski definition) is 1. The molecule has 0 saturated heterocycles. The Morgan fingerprint density at radius 3 is 2.61 bits per heavy atom. The number of hydrogen-bond acceptors (Lipinski definition) is 2. The van der Waals surface area contributed by atoms with E-state index in [1.807, 2.05) is 11.7 Å². The van der Waals surface area contributed by atoms with Crippen LogP contribution in [0.15, 0.2) is 6.20 Å². The number of aromatic nitrogens is 2. The molecule has 0 aromatic carbocycles. The third kappa shape index (κ3) is 3.99. The van der Waals surface area contributed by atoms with Gasteiger partial charge in [0.2, 0.25) is 0 Å². The predicted octanol–water partition coefficient (Wildman–Crippen LogP) is 4.35. The number of nitrogens with zero attached hydrogens (tertiary/aromatic N) is 2. The van der Waals surface area contributed by atoms with E-state index in [2.05, 4.69) is 31.2 Å². The molecule has 0 fully saturated rings. The topological polar surface area (TPSA) is 29.9 Å². The fourth-order valence-electron chi connectivity index (χ4n) is 2.28. The molecule has 0 aliphatic heterocycles. The van der Waals surface area contributed by atoms with Crippen LogP contribution in [0, 0.1) is 0 Å². The Morgan fingerprint density at radius 2 is 2.06 bits per heavy atom. The second-order valence-corrected chi connectivity index (χ2v) is 5.51. The van der Waals surface area contributed by atoms with Gasteiger partial charge in [-0.25, -0.2) is 0 Å². The largest absolute Gasteiger partial charge is 0.312 e. The lowest BCUT2D eigenvalue weighted by atomic mass is 10.0. The number of unbranched alkanes of at least 4 members (excludes halogenated alkanes) is 3. The molecule has 4 heteroatoms. The van der Waals surface area contributed by atoms with E-state index in [1.54, 1.807) is 6.20 Å². The summed E-state index contributed by atoms with van der Waals surface area (Å²) in [4.78, 5) is 0. The van der Waals surface area contributed by atoms with Crippen LogP contribution in [-0.2, 0) is 0 Å². The molecule has 1 aromatic rings. The standard InChI is InChI=1S/C14H26ClN3/c1-5-6-7-8-9-13(16-4)14-12(15)10-17-18(14)11(2)3/h10-11,13,16H,5-9H2,1-4H3. The molecule has 0 aliphatic carbocycles. The average Bonchev–Trinajstić information content (AvgIpc) is 2.72. The summed E-state index contributed by atoms with van der Waals surface area (Å²) in [5, 5.41) is 8.52. The van der Waals surface area contributed by atoms with Gasteiger partial charge >= 0.3 is 0 Å². The minimum atomic E-state index is 0.305. The van der Waals surface area contributed by atoms with Crippen molar-refractivity contribution in [2.24, 2.45) is 0 Å². The number of halogens is 1. The van der Waals surface area contributed by atoms with Crippen molar-refractivity contribution in [2.75, 3.05) is 7.05 Å². The van der Waals surface area contributed by atoms with E-state index in [0.717, 1.165) is 17.1 Å². The van der Waals surface area contributed by atoms with Crippen molar-refractivity contribution in [3.05, 3.63) is 16.9 Å². The Balaban J connectivity index is 2.72. The molecule has 0 bridgehead atoms. The zero-order valence-electron chi connectivity index (χ0n) is 12.0. The first kappa shape index (κ1) is 15.5. The zero-order chi connectivity index (χ0) is 13.5. The lowest BCUT2D eigenvalue weighted by Crippen LogP contribution is -2.21. The lowest BCUT2D eigenvalue weighted by Gasteiger charge is -2.20. The highest BCUT2D eigenvalue weighted by Crippen LogP contribution is 2.28. The fraction of sp³-hybridized carbons (Fsp3) is 0.786. The Hall–Kier alpha value is -0.540. The normalized spacial score (nSPS) is 13.2. The lowest BCUT2D eigenvalue weighted by molar-refractivity contribution is 0.433. The van der Waals surface area contributed by atoms with Gasteiger partial charge < -0.3 is 5.32 Å². The highest BCUT2D eigenvalue weighted by atomic mass is 35.5. The Kier molecular flexibility index (Phi) is 6.72. The van der Waals surface area contributed by atoms with Gasteiger partial charge in [0, 0.05) is 6.04 Å². The van der Waals surface area contributed by atoms with Crippen LogP contribution in [-0.4, -0.2) is 16.8 Å². The molecule has 1 aromatic heterocycles. The molecular formula is C14H26ClN3. The second kappa shape index (κ2) is 7.80. The van der Waals surface area contributed by atoms with Crippen LogP contribution in [0.3, 0.4) is 0 Å². The summed E-state index contributed by atoms with van der Waals surface area (Å²) < 4.78 is 2.03. The molecule has 1 heterocycles. The molecule has 0 amide bonds. The van der Waals surface area contributed by atoms with E-state index < -0.39 is 0 Å². The summed E-state index contributed by atoms with van der Waals surface area (Å²) in [5.41, 5.74) is 1.13. The van der Waals surface area contributed by atoms with Crippen molar-refractivity contribution < 1.29 is 0 Å². The molecular weight excluding hydrogens is 246 g/mol. The first-order valence-electron chi connectivity index (χ1n) is 7.02. The van der Waals surface area contributed by atoms with E-state index in [1.165, 1.54) is 25.7 Å². The first-order chi connectivity index (χ1) is 8.61. The summed E-state index contributed by atoms with van der Waals surface area (Å²) in [6, 6.07) is 0.651. The quantitative estimate of drug-likeness (QED) is 0.713. The second-order valence-electron chi connectivity index (χ2n) is 5.11. The van der Waals surface area contributed by atoms with Gasteiger partial charge in [0.15, 0.2) is 0 Å². The molecule has 104 valence electrons. The van der Waals surface area contributed by atoms with E-state index in [0.29, 0.717) is 12.1 Å². The minimum Gasteiger partial charge on any atom is -0.312 e. The zero-order valence-corrected chi connectivity index (χ0v) is 12.8. The molecule has 1 N–H and O–H groups in total. The van der Waals surface area contributed by atoms with Gasteiger partial charge in [-0.2, -0.15) is 5.10 Å². The van der Waals surface area contributed by atoms with Gasteiger partial charge in [-0.15, -0.1) is 0 Å². The summed E-state index contributed by atoms with van der Waals surface area (Å²) in [7, 11) is 2.00. The van der Waals surface area contributed by atoms with Gasteiger partial charge in [0.05, 0.1) is 23.0 Å². The van der Waals surface area contributed by atoms with Crippen LogP contribution in [0.1, 0.15) is 70.7 Å². The molecule has 1 rings (SSSR count). The molecule has 0 spiro atoms. The third-order valence-corrected chi connectivity index (χ3v) is 3.59. The van der Waals surface area contributed by atoms with Gasteiger partial charge in [-0.1, -0.05) is 44.2 Å². The highest BCUT2D eigenvalue weighted by Gasteiger charge is 2.19. The minimum absolute atomic E-state index is 0.305. The van der Waals surface area contributed by atoms with Gasteiger partial charge in [0.25, 0.3) is 0 Å². The van der Waals surface area contributed by atoms with Crippen molar-refractivity contribution in [3.63, 3.8) is 0 Å². The predicted molar refractivity (Wildman–Crippen MR) is 78.2 cm³/mol. The third-order valence-electron chi connectivity index (χ3n) is 3.30.